The van der Waals surface area contributed by atoms with E-state index in [1.54, 1.807) is 18.0 Å². The topological polar surface area (TPSA) is 64.3 Å². The summed E-state index contributed by atoms with van der Waals surface area (Å²) in [4.78, 5) is 0. The summed E-state index contributed by atoms with van der Waals surface area (Å²) in [7, 11) is 1.80. The van der Waals surface area contributed by atoms with Crippen LogP contribution in [0.5, 0.6) is 0 Å². The van der Waals surface area contributed by atoms with Crippen LogP contribution < -0.4 is 5.32 Å². The number of hydrogen-bond donors (Lipinski definition) is 1. The predicted molar refractivity (Wildman–Crippen MR) is 76.8 cm³/mol. The summed E-state index contributed by atoms with van der Waals surface area (Å²) >= 11 is 0. The van der Waals surface area contributed by atoms with Crippen LogP contribution in [0.25, 0.3) is 5.65 Å². The fourth-order valence-electron chi connectivity index (χ4n) is 2.82. The van der Waals surface area contributed by atoms with Gasteiger partial charge in [0.25, 0.3) is 0 Å². The molecular weight excluding hydrogens is 254 g/mol. The van der Waals surface area contributed by atoms with E-state index in [0.29, 0.717) is 12.1 Å². The number of hydrogen-bond acceptors (Lipinski definition) is 5. The first-order valence-electron chi connectivity index (χ1n) is 7.29. The number of aryl methyl sites for hydroxylation is 1. The maximum atomic E-state index is 5.42. The van der Waals surface area contributed by atoms with Crippen molar-refractivity contribution in [3.05, 3.63) is 18.1 Å². The quantitative estimate of drug-likeness (QED) is 0.925. The summed E-state index contributed by atoms with van der Waals surface area (Å²) in [5.41, 5.74) is 2.89. The van der Waals surface area contributed by atoms with Crippen LogP contribution in [0.15, 0.2) is 12.4 Å². The molecule has 2 heterocycles. The predicted octanol–water partition coefficient (Wildman–Crippen LogP) is 2.06. The van der Waals surface area contributed by atoms with E-state index >= 15 is 0 Å². The van der Waals surface area contributed by atoms with Gasteiger partial charge in [-0.2, -0.15) is 9.61 Å². The monoisotopic (exact) mass is 275 g/mol. The van der Waals surface area contributed by atoms with E-state index < -0.39 is 0 Å². The van der Waals surface area contributed by atoms with Crippen LogP contribution in [0.1, 0.15) is 38.3 Å². The molecule has 0 saturated heterocycles. The third-order valence-corrected chi connectivity index (χ3v) is 4.05. The van der Waals surface area contributed by atoms with Crippen LogP contribution >= 0.6 is 0 Å². The number of aromatic nitrogens is 4. The van der Waals surface area contributed by atoms with Gasteiger partial charge >= 0.3 is 0 Å². The van der Waals surface area contributed by atoms with E-state index in [9.17, 15) is 0 Å². The number of nitrogens with one attached hydrogen (secondary N) is 1. The zero-order valence-electron chi connectivity index (χ0n) is 12.0. The average Bonchev–Trinajstić information content (AvgIpc) is 2.96. The molecule has 0 aliphatic heterocycles. The summed E-state index contributed by atoms with van der Waals surface area (Å²) < 4.78 is 7.17. The summed E-state index contributed by atoms with van der Waals surface area (Å²) in [5, 5.41) is 16.2. The zero-order valence-corrected chi connectivity index (χ0v) is 12.0. The van der Waals surface area contributed by atoms with Gasteiger partial charge in [-0.15, -0.1) is 10.2 Å². The van der Waals surface area contributed by atoms with E-state index in [4.69, 9.17) is 4.74 Å². The number of fused-ring (bicyclic) bond motifs is 1. The fraction of sp³-hybridized carbons (Fsp3) is 0.643. The van der Waals surface area contributed by atoms with Crippen LogP contribution in [-0.4, -0.2) is 39.1 Å². The minimum Gasteiger partial charge on any atom is -0.381 e. The van der Waals surface area contributed by atoms with Gasteiger partial charge in [0.05, 0.1) is 17.5 Å². The van der Waals surface area contributed by atoms with Gasteiger partial charge in [-0.25, -0.2) is 0 Å². The first kappa shape index (κ1) is 13.3. The first-order valence-corrected chi connectivity index (χ1v) is 7.29. The molecule has 0 atom stereocenters. The molecule has 3 rings (SSSR count). The summed E-state index contributed by atoms with van der Waals surface area (Å²) in [6.45, 7) is 2.10. The van der Waals surface area contributed by atoms with Gasteiger partial charge in [-0.1, -0.05) is 6.92 Å². The highest BCUT2D eigenvalue weighted by atomic mass is 16.5. The second-order valence-electron chi connectivity index (χ2n) is 5.36. The van der Waals surface area contributed by atoms with Crippen molar-refractivity contribution in [2.75, 3.05) is 12.4 Å². The maximum Gasteiger partial charge on any atom is 0.200 e. The molecular formula is C14H21N5O. The molecule has 1 N–H and O–H groups in total. The Labute approximate surface area is 118 Å². The molecule has 108 valence electrons. The number of methoxy groups -OCH3 is 1. The lowest BCUT2D eigenvalue weighted by Gasteiger charge is -2.28. The lowest BCUT2D eigenvalue weighted by molar-refractivity contribution is 0.0682. The van der Waals surface area contributed by atoms with Crippen molar-refractivity contribution in [2.45, 2.75) is 51.2 Å². The first-order chi connectivity index (χ1) is 9.80. The van der Waals surface area contributed by atoms with Gasteiger partial charge in [-0.05, 0) is 38.2 Å². The molecule has 6 heteroatoms. The van der Waals surface area contributed by atoms with Crippen LogP contribution in [0.4, 0.5) is 5.69 Å². The number of ether oxygens (including phenoxy) is 1. The van der Waals surface area contributed by atoms with Crippen LogP contribution in [0.2, 0.25) is 0 Å². The molecule has 2 aromatic heterocycles. The molecule has 20 heavy (non-hydrogen) atoms. The third-order valence-electron chi connectivity index (χ3n) is 4.05. The highest BCUT2D eigenvalue weighted by molar-refractivity contribution is 5.67. The standard InChI is InChI=1S/C14H21N5O/c1-3-10-8-13(14-17-15-9-19(14)18-10)16-11-4-6-12(20-2)7-5-11/h8-9,11-12,16H,3-7H2,1-2H3. The van der Waals surface area contributed by atoms with Crippen LogP contribution in [-0.2, 0) is 11.2 Å². The van der Waals surface area contributed by atoms with Gasteiger partial charge < -0.3 is 10.1 Å². The molecule has 0 spiro atoms. The molecule has 0 amide bonds. The molecule has 1 aliphatic carbocycles. The van der Waals surface area contributed by atoms with Gasteiger partial charge in [0.15, 0.2) is 0 Å². The van der Waals surface area contributed by atoms with Gasteiger partial charge in [0.2, 0.25) is 5.65 Å². The molecule has 0 radical (unpaired) electrons. The third kappa shape index (κ3) is 2.60. The fourth-order valence-corrected chi connectivity index (χ4v) is 2.82. The Morgan fingerprint density at radius 2 is 2.15 bits per heavy atom. The van der Waals surface area contributed by atoms with E-state index in [2.05, 4.69) is 33.6 Å². The second-order valence-corrected chi connectivity index (χ2v) is 5.36. The molecule has 0 unspecified atom stereocenters. The van der Waals surface area contributed by atoms with Crippen molar-refractivity contribution < 1.29 is 4.74 Å². The van der Waals surface area contributed by atoms with Crippen LogP contribution in [0, 0.1) is 0 Å². The van der Waals surface area contributed by atoms with Crippen molar-refractivity contribution in [1.82, 2.24) is 19.8 Å². The normalized spacial score (nSPS) is 23.1. The zero-order chi connectivity index (χ0) is 13.9. The van der Waals surface area contributed by atoms with E-state index in [1.807, 2.05) is 0 Å². The number of rotatable bonds is 4. The van der Waals surface area contributed by atoms with Crippen molar-refractivity contribution >= 4 is 11.3 Å². The Bertz CT molecular complexity index is 574. The molecule has 2 aromatic rings. The Morgan fingerprint density at radius 3 is 2.85 bits per heavy atom. The lowest BCUT2D eigenvalue weighted by atomic mass is 9.93. The van der Waals surface area contributed by atoms with E-state index in [0.717, 1.165) is 49.1 Å². The van der Waals surface area contributed by atoms with Crippen molar-refractivity contribution in [3.63, 3.8) is 0 Å². The van der Waals surface area contributed by atoms with Crippen LogP contribution in [0.3, 0.4) is 0 Å². The smallest absolute Gasteiger partial charge is 0.200 e. The Balaban J connectivity index is 1.78. The Morgan fingerprint density at radius 1 is 1.35 bits per heavy atom. The number of nitrogens with zero attached hydrogens (tertiary/aromatic N) is 4. The largest absolute Gasteiger partial charge is 0.381 e. The molecule has 6 nitrogen and oxygen atoms in total. The lowest BCUT2D eigenvalue weighted by Crippen LogP contribution is -2.29. The molecule has 1 saturated carbocycles. The molecule has 0 aromatic carbocycles. The molecule has 1 aliphatic rings. The highest BCUT2D eigenvalue weighted by Crippen LogP contribution is 2.25. The minimum absolute atomic E-state index is 0.421. The second kappa shape index (κ2) is 5.75. The maximum absolute atomic E-state index is 5.42. The summed E-state index contributed by atoms with van der Waals surface area (Å²) in [6.07, 6.45) is 7.46. The summed E-state index contributed by atoms with van der Waals surface area (Å²) in [6, 6.07) is 2.57. The molecule has 1 fully saturated rings. The van der Waals surface area contributed by atoms with E-state index in [-0.39, 0.29) is 0 Å². The minimum atomic E-state index is 0.421. The van der Waals surface area contributed by atoms with Gasteiger partial charge in [-0.3, -0.25) is 0 Å². The molecule has 0 bridgehead atoms. The number of anilines is 1. The van der Waals surface area contributed by atoms with Crippen molar-refractivity contribution in [1.29, 1.82) is 0 Å². The highest BCUT2D eigenvalue weighted by Gasteiger charge is 2.21. The average molecular weight is 275 g/mol. The van der Waals surface area contributed by atoms with Gasteiger partial charge in [0, 0.05) is 13.2 Å². The Kier molecular flexibility index (Phi) is 3.82. The SMILES string of the molecule is CCc1cc(NC2CCC(OC)CC2)c2nncn2n1. The summed E-state index contributed by atoms with van der Waals surface area (Å²) in [5.74, 6) is 0. The van der Waals surface area contributed by atoms with Gasteiger partial charge in [0.1, 0.15) is 6.33 Å². The van der Waals surface area contributed by atoms with E-state index in [1.165, 1.54) is 0 Å². The van der Waals surface area contributed by atoms with Crippen molar-refractivity contribution in [3.8, 4) is 0 Å². The Hall–Kier alpha value is -1.69. The van der Waals surface area contributed by atoms with Crippen molar-refractivity contribution in [2.24, 2.45) is 0 Å².